The molecule has 3 heteroatoms. The fraction of sp³-hybridized carbons (Fsp3) is 0.714. The van der Waals surface area contributed by atoms with Gasteiger partial charge in [0.15, 0.2) is 8.32 Å². The molecule has 1 N–H and O–H groups in total. The lowest BCUT2D eigenvalue weighted by atomic mass is 9.77. The van der Waals surface area contributed by atoms with Crippen LogP contribution in [0.25, 0.3) is 0 Å². The van der Waals surface area contributed by atoms with Crippen molar-refractivity contribution in [2.75, 3.05) is 0 Å². The summed E-state index contributed by atoms with van der Waals surface area (Å²) < 4.78 is 6.62. The second-order valence-electron chi connectivity index (χ2n) is 9.07. The molecule has 0 saturated heterocycles. The van der Waals surface area contributed by atoms with Crippen molar-refractivity contribution in [3.05, 3.63) is 36.0 Å². The van der Waals surface area contributed by atoms with Crippen LogP contribution < -0.4 is 0 Å². The van der Waals surface area contributed by atoms with Crippen LogP contribution in [0.2, 0.25) is 18.1 Å². The van der Waals surface area contributed by atoms with Gasteiger partial charge < -0.3 is 9.53 Å². The summed E-state index contributed by atoms with van der Waals surface area (Å²) in [7, 11) is -1.80. The lowest BCUT2D eigenvalue weighted by Gasteiger charge is -2.39. The molecule has 2 unspecified atom stereocenters. The van der Waals surface area contributed by atoms with Gasteiger partial charge in [-0.05, 0) is 67.3 Å². The predicted molar refractivity (Wildman–Crippen MR) is 106 cm³/mol. The second kappa shape index (κ2) is 7.71. The fourth-order valence-electron chi connectivity index (χ4n) is 3.13. The molecule has 1 fully saturated rings. The van der Waals surface area contributed by atoms with Gasteiger partial charge in [0.25, 0.3) is 0 Å². The van der Waals surface area contributed by atoms with E-state index in [2.05, 4.69) is 58.7 Å². The van der Waals surface area contributed by atoms with Gasteiger partial charge in [-0.3, -0.25) is 0 Å². The summed E-state index contributed by atoms with van der Waals surface area (Å²) in [6.07, 6.45) is 12.7. The van der Waals surface area contributed by atoms with Gasteiger partial charge in [0, 0.05) is 0 Å². The van der Waals surface area contributed by atoms with E-state index in [-0.39, 0.29) is 17.2 Å². The van der Waals surface area contributed by atoms with E-state index >= 15 is 0 Å². The van der Waals surface area contributed by atoms with Crippen LogP contribution in [-0.4, -0.2) is 25.6 Å². The average molecular weight is 349 g/mol. The predicted octanol–water partition coefficient (Wildman–Crippen LogP) is 5.76. The van der Waals surface area contributed by atoms with Crippen molar-refractivity contribution in [3.63, 3.8) is 0 Å². The third-order valence-electron chi connectivity index (χ3n) is 6.19. The zero-order valence-corrected chi connectivity index (χ0v) is 17.3. The van der Waals surface area contributed by atoms with Crippen LogP contribution in [0.3, 0.4) is 0 Å². The first-order valence-electron chi connectivity index (χ1n) is 9.53. The van der Waals surface area contributed by atoms with Crippen molar-refractivity contribution < 1.29 is 9.53 Å². The maximum Gasteiger partial charge on any atom is 0.192 e. The molecular weight excluding hydrogens is 312 g/mol. The molecule has 1 saturated carbocycles. The molecule has 0 aromatic heterocycles. The number of aliphatic hydroxyl groups is 1. The smallest absolute Gasteiger partial charge is 0.192 e. The van der Waals surface area contributed by atoms with Crippen molar-refractivity contribution in [2.45, 2.75) is 89.6 Å². The molecule has 136 valence electrons. The summed E-state index contributed by atoms with van der Waals surface area (Å²) in [5.41, 5.74) is 2.26. The van der Waals surface area contributed by atoms with Gasteiger partial charge in [0.1, 0.15) is 0 Å². The van der Waals surface area contributed by atoms with Crippen molar-refractivity contribution in [2.24, 2.45) is 5.92 Å². The van der Waals surface area contributed by atoms with Crippen LogP contribution in [0, 0.1) is 5.92 Å². The molecule has 0 aromatic carbocycles. The van der Waals surface area contributed by atoms with Gasteiger partial charge in [0.05, 0.1) is 12.2 Å². The Morgan fingerprint density at radius 1 is 1.21 bits per heavy atom. The van der Waals surface area contributed by atoms with E-state index in [1.165, 1.54) is 24.8 Å². The first-order chi connectivity index (χ1) is 11.1. The minimum atomic E-state index is -1.80. The number of allylic oxidation sites excluding steroid dienone is 2. The van der Waals surface area contributed by atoms with E-state index in [1.54, 1.807) is 0 Å². The zero-order valence-electron chi connectivity index (χ0n) is 16.3. The largest absolute Gasteiger partial charge is 0.410 e. The van der Waals surface area contributed by atoms with Crippen molar-refractivity contribution in [3.8, 4) is 0 Å². The average Bonchev–Trinajstić information content (AvgIpc) is 2.48. The van der Waals surface area contributed by atoms with Crippen molar-refractivity contribution in [1.82, 2.24) is 0 Å². The molecule has 2 nitrogen and oxygen atoms in total. The molecule has 24 heavy (non-hydrogen) atoms. The van der Waals surface area contributed by atoms with Crippen LogP contribution in [-0.2, 0) is 4.43 Å². The Morgan fingerprint density at radius 2 is 1.88 bits per heavy atom. The maximum atomic E-state index is 10.6. The van der Waals surface area contributed by atoms with E-state index in [0.29, 0.717) is 5.92 Å². The molecule has 0 amide bonds. The highest BCUT2D eigenvalue weighted by atomic mass is 28.4. The highest BCUT2D eigenvalue weighted by Gasteiger charge is 2.39. The van der Waals surface area contributed by atoms with Crippen molar-refractivity contribution in [1.29, 1.82) is 0 Å². The van der Waals surface area contributed by atoms with Gasteiger partial charge in [-0.25, -0.2) is 0 Å². The highest BCUT2D eigenvalue weighted by Crippen LogP contribution is 2.39. The maximum absolute atomic E-state index is 10.6. The van der Waals surface area contributed by atoms with Crippen LogP contribution in [0.5, 0.6) is 0 Å². The summed E-state index contributed by atoms with van der Waals surface area (Å²) in [5.74, 6) is 0.480. The summed E-state index contributed by atoms with van der Waals surface area (Å²) in [4.78, 5) is 0. The third-order valence-corrected chi connectivity index (χ3v) is 10.7. The van der Waals surface area contributed by atoms with E-state index in [0.717, 1.165) is 24.8 Å². The Morgan fingerprint density at radius 3 is 2.42 bits per heavy atom. The molecule has 2 aliphatic rings. The van der Waals surface area contributed by atoms with E-state index in [1.807, 2.05) is 0 Å². The number of aliphatic hydroxyl groups excluding tert-OH is 1. The molecule has 0 heterocycles. The SMILES string of the molecule is C=C1/C=C\C=C(\C(O)C2CCC2)CCCC1O[Si](C)(C)C(C)(C)C. The Kier molecular flexibility index (Phi) is 6.33. The van der Waals surface area contributed by atoms with Gasteiger partial charge >= 0.3 is 0 Å². The zero-order chi connectivity index (χ0) is 18.0. The molecular formula is C21H36O2Si. The van der Waals surface area contributed by atoms with Gasteiger partial charge in [-0.15, -0.1) is 0 Å². The van der Waals surface area contributed by atoms with Crippen LogP contribution >= 0.6 is 0 Å². The molecule has 2 aliphatic carbocycles. The molecule has 0 radical (unpaired) electrons. The Bertz CT molecular complexity index is 506. The summed E-state index contributed by atoms with van der Waals surface area (Å²) in [6.45, 7) is 15.7. The monoisotopic (exact) mass is 348 g/mol. The molecule has 2 atom stereocenters. The first-order valence-corrected chi connectivity index (χ1v) is 12.4. The lowest BCUT2D eigenvalue weighted by Crippen LogP contribution is -2.44. The van der Waals surface area contributed by atoms with E-state index in [4.69, 9.17) is 4.43 Å². The Labute approximate surface area is 149 Å². The first kappa shape index (κ1) is 19.7. The summed E-state index contributed by atoms with van der Waals surface area (Å²) in [6, 6.07) is 0. The van der Waals surface area contributed by atoms with Crippen LogP contribution in [0.15, 0.2) is 36.0 Å². The van der Waals surface area contributed by atoms with Crippen molar-refractivity contribution >= 4 is 8.32 Å². The van der Waals surface area contributed by atoms with Crippen LogP contribution in [0.1, 0.15) is 59.3 Å². The summed E-state index contributed by atoms with van der Waals surface area (Å²) in [5, 5.41) is 10.8. The number of hydrogen-bond donors (Lipinski definition) is 1. The quantitative estimate of drug-likeness (QED) is 0.654. The molecule has 0 bridgehead atoms. The van der Waals surface area contributed by atoms with Crippen LogP contribution in [0.4, 0.5) is 0 Å². The standard InChI is InChI=1S/C21H36O2Si/c1-16-10-7-11-17(20(22)18-12-8-13-18)14-9-15-19(16)23-24(5,6)21(2,3)4/h7,10-11,18-20,22H,1,8-9,12-15H2,2-6H3/b10-7-,17-11+. The number of rotatable bonds is 4. The van der Waals surface area contributed by atoms with Gasteiger partial charge in [-0.1, -0.05) is 52.0 Å². The Hall–Kier alpha value is -0.643. The number of hydrogen-bond acceptors (Lipinski definition) is 2. The van der Waals surface area contributed by atoms with E-state index in [9.17, 15) is 5.11 Å². The van der Waals surface area contributed by atoms with Gasteiger partial charge in [0.2, 0.25) is 0 Å². The normalized spacial score (nSPS) is 28.8. The minimum absolute atomic E-state index is 0.107. The fourth-order valence-corrected chi connectivity index (χ4v) is 4.47. The summed E-state index contributed by atoms with van der Waals surface area (Å²) >= 11 is 0. The topological polar surface area (TPSA) is 29.5 Å². The van der Waals surface area contributed by atoms with E-state index < -0.39 is 8.32 Å². The molecule has 0 aromatic rings. The lowest BCUT2D eigenvalue weighted by molar-refractivity contribution is 0.0878. The van der Waals surface area contributed by atoms with Gasteiger partial charge in [-0.2, -0.15) is 0 Å². The molecule has 2 rings (SSSR count). The molecule has 0 aliphatic heterocycles. The Balaban J connectivity index is 2.03. The molecule has 0 spiro atoms. The highest BCUT2D eigenvalue weighted by molar-refractivity contribution is 6.74. The third kappa shape index (κ3) is 4.71. The second-order valence-corrected chi connectivity index (χ2v) is 13.8. The minimum Gasteiger partial charge on any atom is -0.410 e.